The lowest BCUT2D eigenvalue weighted by Gasteiger charge is -2.33. The van der Waals surface area contributed by atoms with Crippen molar-refractivity contribution in [3.8, 4) is 0 Å². The number of nitrogens with one attached hydrogen (secondary N) is 1. The van der Waals surface area contributed by atoms with Crippen LogP contribution < -0.4 is 5.56 Å². The molecule has 2 aromatic rings. The molecule has 1 unspecified atom stereocenters. The number of carbonyl (C=O) groups is 1. The summed E-state index contributed by atoms with van der Waals surface area (Å²) in [6.07, 6.45) is 2.83. The summed E-state index contributed by atoms with van der Waals surface area (Å²) in [6, 6.07) is 1.48. The lowest BCUT2D eigenvalue weighted by Crippen LogP contribution is -2.46. The Balaban J connectivity index is 1.53. The van der Waals surface area contributed by atoms with Gasteiger partial charge in [-0.15, -0.1) is 0 Å². The summed E-state index contributed by atoms with van der Waals surface area (Å²) in [4.78, 5) is 32.0. The van der Waals surface area contributed by atoms with Crippen molar-refractivity contribution >= 4 is 5.91 Å². The summed E-state index contributed by atoms with van der Waals surface area (Å²) in [5.74, 6) is -0.0172. The fourth-order valence-corrected chi connectivity index (χ4v) is 2.64. The third-order valence-corrected chi connectivity index (χ3v) is 4.01. The molecule has 24 heavy (non-hydrogen) atoms. The van der Waals surface area contributed by atoms with Gasteiger partial charge < -0.3 is 14.6 Å². The number of H-pyrrole nitrogens is 1. The van der Waals surface area contributed by atoms with Crippen LogP contribution in [0.5, 0.6) is 0 Å². The van der Waals surface area contributed by atoms with Crippen LogP contribution in [-0.4, -0.2) is 56.9 Å². The van der Waals surface area contributed by atoms with Crippen LogP contribution in [0.4, 0.5) is 0 Å². The quantitative estimate of drug-likeness (QED) is 0.810. The van der Waals surface area contributed by atoms with Crippen LogP contribution in [0.2, 0.25) is 0 Å². The number of hydrogen-bond donors (Lipinski definition) is 1. The van der Waals surface area contributed by atoms with E-state index in [2.05, 4.69) is 24.9 Å². The van der Waals surface area contributed by atoms with Crippen molar-refractivity contribution in [1.82, 2.24) is 25.2 Å². The fourth-order valence-electron chi connectivity index (χ4n) is 2.64. The van der Waals surface area contributed by atoms with E-state index in [0.29, 0.717) is 43.9 Å². The third-order valence-electron chi connectivity index (χ3n) is 4.01. The highest BCUT2D eigenvalue weighted by atomic mass is 16.6. The maximum atomic E-state index is 12.4. The highest BCUT2D eigenvalue weighted by molar-refractivity contribution is 5.78. The molecule has 0 aromatic carbocycles. The van der Waals surface area contributed by atoms with E-state index in [1.807, 2.05) is 0 Å². The topological polar surface area (TPSA) is 114 Å². The van der Waals surface area contributed by atoms with Gasteiger partial charge in [-0.2, -0.15) is 0 Å². The highest BCUT2D eigenvalue weighted by Crippen LogP contribution is 2.13. The summed E-state index contributed by atoms with van der Waals surface area (Å²) in [7, 11) is 0. The maximum absolute atomic E-state index is 12.4. The molecule has 1 N–H and O–H groups in total. The molecule has 9 nitrogen and oxygen atoms in total. The van der Waals surface area contributed by atoms with Gasteiger partial charge in [-0.25, -0.2) is 9.61 Å². The zero-order chi connectivity index (χ0) is 16.9. The Labute approximate surface area is 138 Å². The maximum Gasteiger partial charge on any atom is 0.250 e. The predicted octanol–water partition coefficient (Wildman–Crippen LogP) is -0.136. The van der Waals surface area contributed by atoms with E-state index in [4.69, 9.17) is 4.74 Å². The van der Waals surface area contributed by atoms with Crippen LogP contribution in [0.3, 0.4) is 0 Å². The summed E-state index contributed by atoms with van der Waals surface area (Å²) < 4.78 is 10.3. The molecule has 0 radical (unpaired) electrons. The molecule has 0 spiro atoms. The average molecular weight is 333 g/mol. The summed E-state index contributed by atoms with van der Waals surface area (Å²) >= 11 is 0. The van der Waals surface area contributed by atoms with Crippen molar-refractivity contribution in [2.75, 3.05) is 19.7 Å². The minimum absolute atomic E-state index is 0.0172. The van der Waals surface area contributed by atoms with Crippen LogP contribution in [0.1, 0.15) is 23.5 Å². The van der Waals surface area contributed by atoms with Crippen molar-refractivity contribution in [2.24, 2.45) is 0 Å². The second-order valence-electron chi connectivity index (χ2n) is 5.75. The van der Waals surface area contributed by atoms with Crippen LogP contribution in [-0.2, 0) is 22.4 Å². The first-order chi connectivity index (χ1) is 11.6. The molecule has 9 heteroatoms. The van der Waals surface area contributed by atoms with Crippen molar-refractivity contribution in [3.05, 3.63) is 39.8 Å². The number of aryl methyl sites for hydroxylation is 2. The van der Waals surface area contributed by atoms with E-state index in [-0.39, 0.29) is 24.0 Å². The lowest BCUT2D eigenvalue weighted by molar-refractivity contribution is -0.138. The number of morpholine rings is 1. The molecule has 3 rings (SSSR count). The molecular formula is C15H19N5O4. The molecular weight excluding hydrogens is 314 g/mol. The highest BCUT2D eigenvalue weighted by Gasteiger charge is 2.25. The van der Waals surface area contributed by atoms with Gasteiger partial charge in [0.25, 0.3) is 5.56 Å². The molecule has 2 aromatic heterocycles. The Morgan fingerprint density at radius 2 is 2.33 bits per heavy atom. The molecule has 0 aliphatic carbocycles. The van der Waals surface area contributed by atoms with Gasteiger partial charge in [-0.3, -0.25) is 9.59 Å². The molecule has 3 heterocycles. The first kappa shape index (κ1) is 16.3. The minimum atomic E-state index is -0.169. The van der Waals surface area contributed by atoms with Gasteiger partial charge in [0.05, 0.1) is 25.5 Å². The summed E-state index contributed by atoms with van der Waals surface area (Å²) in [5, 5.41) is 7.43. The number of aromatic amines is 1. The zero-order valence-corrected chi connectivity index (χ0v) is 13.4. The first-order valence-corrected chi connectivity index (χ1v) is 7.83. The van der Waals surface area contributed by atoms with Crippen LogP contribution in [0.15, 0.2) is 21.8 Å². The Hall–Kier alpha value is -2.55. The number of rotatable bonds is 5. The van der Waals surface area contributed by atoms with Crippen molar-refractivity contribution in [3.63, 3.8) is 0 Å². The standard InChI is InChI=1S/C15H19N5O4/c1-10-13(19-24-18-10)7-15(22)20-4-5-23-12(8-20)3-2-11-6-14(21)17-9-16-11/h6,9,12H,2-5,7-8H2,1H3,(H,16,17,21). The van der Waals surface area contributed by atoms with E-state index >= 15 is 0 Å². The first-order valence-electron chi connectivity index (χ1n) is 7.83. The van der Waals surface area contributed by atoms with Gasteiger partial charge in [-0.1, -0.05) is 10.3 Å². The molecule has 128 valence electrons. The summed E-state index contributed by atoms with van der Waals surface area (Å²) in [5.41, 5.74) is 1.75. The molecule has 1 atom stereocenters. The monoisotopic (exact) mass is 333 g/mol. The van der Waals surface area contributed by atoms with Crippen molar-refractivity contribution in [1.29, 1.82) is 0 Å². The van der Waals surface area contributed by atoms with Crippen molar-refractivity contribution in [2.45, 2.75) is 32.3 Å². The molecule has 1 amide bonds. The molecule has 1 aliphatic rings. The Bertz CT molecular complexity index is 756. The number of hydrogen-bond acceptors (Lipinski definition) is 7. The smallest absolute Gasteiger partial charge is 0.250 e. The molecule has 1 saturated heterocycles. The molecule has 0 saturated carbocycles. The number of carbonyl (C=O) groups excluding carboxylic acids is 1. The number of amides is 1. The Morgan fingerprint density at radius 3 is 3.08 bits per heavy atom. The SMILES string of the molecule is Cc1nonc1CC(=O)N1CCOC(CCc2cc(=O)[nH]cn2)C1. The van der Waals surface area contributed by atoms with Gasteiger partial charge >= 0.3 is 0 Å². The van der Waals surface area contributed by atoms with Crippen LogP contribution in [0.25, 0.3) is 0 Å². The zero-order valence-electron chi connectivity index (χ0n) is 13.4. The van der Waals surface area contributed by atoms with E-state index in [1.165, 1.54) is 12.4 Å². The minimum Gasteiger partial charge on any atom is -0.375 e. The van der Waals surface area contributed by atoms with Gasteiger partial charge in [-0.05, 0) is 19.8 Å². The molecule has 1 fully saturated rings. The fraction of sp³-hybridized carbons (Fsp3) is 0.533. The number of nitrogens with zero attached hydrogens (tertiary/aromatic N) is 4. The number of ether oxygens (including phenoxy) is 1. The predicted molar refractivity (Wildman–Crippen MR) is 82.2 cm³/mol. The van der Waals surface area contributed by atoms with Gasteiger partial charge in [0.2, 0.25) is 5.91 Å². The number of aromatic nitrogens is 4. The van der Waals surface area contributed by atoms with Crippen LogP contribution in [0, 0.1) is 6.92 Å². The average Bonchev–Trinajstić information content (AvgIpc) is 2.98. The molecule has 0 bridgehead atoms. The second-order valence-corrected chi connectivity index (χ2v) is 5.75. The van der Waals surface area contributed by atoms with E-state index in [9.17, 15) is 9.59 Å². The third kappa shape index (κ3) is 4.05. The van der Waals surface area contributed by atoms with Gasteiger partial charge in [0, 0.05) is 24.8 Å². The largest absolute Gasteiger partial charge is 0.375 e. The van der Waals surface area contributed by atoms with Crippen LogP contribution >= 0.6 is 0 Å². The van der Waals surface area contributed by atoms with E-state index in [1.54, 1.807) is 11.8 Å². The Morgan fingerprint density at radius 1 is 1.46 bits per heavy atom. The second kappa shape index (κ2) is 7.35. The lowest BCUT2D eigenvalue weighted by atomic mass is 10.1. The van der Waals surface area contributed by atoms with Gasteiger partial charge in [0.15, 0.2) is 0 Å². The molecule has 1 aliphatic heterocycles. The Kier molecular flexibility index (Phi) is 4.99. The van der Waals surface area contributed by atoms with E-state index < -0.39 is 0 Å². The van der Waals surface area contributed by atoms with E-state index in [0.717, 1.165) is 5.69 Å². The van der Waals surface area contributed by atoms with Crippen molar-refractivity contribution < 1.29 is 14.2 Å². The normalized spacial score (nSPS) is 17.9. The van der Waals surface area contributed by atoms with Gasteiger partial charge in [0.1, 0.15) is 11.4 Å². The summed E-state index contributed by atoms with van der Waals surface area (Å²) in [6.45, 7) is 3.33.